The first kappa shape index (κ1) is 11.0. The normalized spacial score (nSPS) is 10.6. The number of hydrogen-bond donors (Lipinski definition) is 1. The summed E-state index contributed by atoms with van der Waals surface area (Å²) < 4.78 is 2.54. The van der Waals surface area contributed by atoms with Gasteiger partial charge in [0.15, 0.2) is 5.82 Å². The standard InChI is InChI=1S/C8H5Cl2IN4/c9-5-1-6(10)8(14-7(5)12)15-3-4(11)2-13-15/h1-3H,(H2,12,14). The molecule has 0 radical (unpaired) electrons. The van der Waals surface area contributed by atoms with Crippen LogP contribution in [0.25, 0.3) is 5.82 Å². The van der Waals surface area contributed by atoms with Gasteiger partial charge in [-0.15, -0.1) is 0 Å². The Morgan fingerprint density at radius 1 is 1.33 bits per heavy atom. The van der Waals surface area contributed by atoms with Gasteiger partial charge in [0.2, 0.25) is 0 Å². The smallest absolute Gasteiger partial charge is 0.174 e. The molecule has 2 aromatic rings. The molecule has 0 aliphatic rings. The van der Waals surface area contributed by atoms with E-state index >= 15 is 0 Å². The van der Waals surface area contributed by atoms with Crippen LogP contribution in [0, 0.1) is 3.57 Å². The average molecular weight is 355 g/mol. The molecule has 7 heteroatoms. The van der Waals surface area contributed by atoms with Gasteiger partial charge in [-0.25, -0.2) is 9.67 Å². The molecule has 0 aliphatic carbocycles. The van der Waals surface area contributed by atoms with Crippen LogP contribution < -0.4 is 5.73 Å². The molecule has 4 nitrogen and oxygen atoms in total. The molecule has 0 spiro atoms. The summed E-state index contributed by atoms with van der Waals surface area (Å²) in [6.45, 7) is 0. The zero-order valence-corrected chi connectivity index (χ0v) is 11.0. The van der Waals surface area contributed by atoms with Crippen molar-refractivity contribution in [2.24, 2.45) is 0 Å². The number of halogens is 3. The molecule has 0 aromatic carbocycles. The van der Waals surface area contributed by atoms with Gasteiger partial charge in [-0.05, 0) is 28.7 Å². The van der Waals surface area contributed by atoms with Crippen LogP contribution in [0.4, 0.5) is 5.82 Å². The Kier molecular flexibility index (Phi) is 3.03. The van der Waals surface area contributed by atoms with E-state index in [1.54, 1.807) is 23.1 Å². The molecule has 0 fully saturated rings. The van der Waals surface area contributed by atoms with Gasteiger partial charge in [-0.3, -0.25) is 0 Å². The first-order chi connectivity index (χ1) is 7.08. The van der Waals surface area contributed by atoms with Crippen molar-refractivity contribution >= 4 is 51.6 Å². The fourth-order valence-corrected chi connectivity index (χ4v) is 1.88. The summed E-state index contributed by atoms with van der Waals surface area (Å²) in [5, 5.41) is 4.83. The van der Waals surface area contributed by atoms with Gasteiger partial charge < -0.3 is 5.73 Å². The lowest BCUT2D eigenvalue weighted by Crippen LogP contribution is -2.02. The summed E-state index contributed by atoms with van der Waals surface area (Å²) in [5.41, 5.74) is 5.59. The van der Waals surface area contributed by atoms with Crippen LogP contribution in [0.2, 0.25) is 10.0 Å². The van der Waals surface area contributed by atoms with Crippen LogP contribution in [0.5, 0.6) is 0 Å². The third-order valence-corrected chi connectivity index (χ3v) is 2.84. The first-order valence-electron chi connectivity index (χ1n) is 3.90. The zero-order valence-electron chi connectivity index (χ0n) is 7.28. The van der Waals surface area contributed by atoms with Gasteiger partial charge in [0.05, 0.1) is 19.8 Å². The number of nitrogen functional groups attached to an aromatic ring is 1. The maximum Gasteiger partial charge on any atom is 0.174 e. The van der Waals surface area contributed by atoms with E-state index in [0.29, 0.717) is 15.9 Å². The maximum atomic E-state index is 5.98. The van der Waals surface area contributed by atoms with E-state index < -0.39 is 0 Å². The first-order valence-corrected chi connectivity index (χ1v) is 5.73. The molecule has 0 bridgehead atoms. The van der Waals surface area contributed by atoms with E-state index in [9.17, 15) is 0 Å². The second-order valence-corrected chi connectivity index (χ2v) is 4.82. The molecule has 0 saturated heterocycles. The number of hydrogen-bond acceptors (Lipinski definition) is 3. The van der Waals surface area contributed by atoms with E-state index in [1.165, 1.54) is 0 Å². The second-order valence-electron chi connectivity index (χ2n) is 2.76. The quantitative estimate of drug-likeness (QED) is 0.801. The number of pyridine rings is 1. The monoisotopic (exact) mass is 354 g/mol. The van der Waals surface area contributed by atoms with Crippen molar-refractivity contribution < 1.29 is 0 Å². The molecule has 78 valence electrons. The predicted octanol–water partition coefficient (Wildman–Crippen LogP) is 2.76. The number of nitrogens with two attached hydrogens (primary N) is 1. The largest absolute Gasteiger partial charge is 0.382 e. The highest BCUT2D eigenvalue weighted by atomic mass is 127. The van der Waals surface area contributed by atoms with Crippen molar-refractivity contribution in [2.45, 2.75) is 0 Å². The molecular weight excluding hydrogens is 350 g/mol. The van der Waals surface area contributed by atoms with Gasteiger partial charge in [0.1, 0.15) is 5.82 Å². The SMILES string of the molecule is Nc1nc(-n2cc(I)cn2)c(Cl)cc1Cl. The van der Waals surface area contributed by atoms with Gasteiger partial charge >= 0.3 is 0 Å². The lowest BCUT2D eigenvalue weighted by atomic mass is 10.4. The van der Waals surface area contributed by atoms with Crippen molar-refractivity contribution in [3.8, 4) is 5.82 Å². The van der Waals surface area contributed by atoms with Gasteiger partial charge in [0, 0.05) is 6.20 Å². The van der Waals surface area contributed by atoms with Crippen LogP contribution in [-0.4, -0.2) is 14.8 Å². The Morgan fingerprint density at radius 3 is 2.67 bits per heavy atom. The zero-order chi connectivity index (χ0) is 11.0. The predicted molar refractivity (Wildman–Crippen MR) is 68.5 cm³/mol. The Balaban J connectivity index is 2.58. The molecule has 2 rings (SSSR count). The summed E-state index contributed by atoms with van der Waals surface area (Å²) >= 11 is 13.9. The molecule has 0 unspecified atom stereocenters. The van der Waals surface area contributed by atoms with Crippen LogP contribution in [0.15, 0.2) is 18.5 Å². The van der Waals surface area contributed by atoms with Crippen LogP contribution in [0.3, 0.4) is 0 Å². The van der Waals surface area contributed by atoms with Crippen LogP contribution in [-0.2, 0) is 0 Å². The Hall–Kier alpha value is -0.530. The molecule has 2 aromatic heterocycles. The molecular formula is C8H5Cl2IN4. The van der Waals surface area contributed by atoms with Crippen LogP contribution >= 0.6 is 45.8 Å². The fourth-order valence-electron chi connectivity index (χ4n) is 1.05. The molecule has 0 atom stereocenters. The topological polar surface area (TPSA) is 56.7 Å². The maximum absolute atomic E-state index is 5.98. The Labute approximate surface area is 110 Å². The van der Waals surface area contributed by atoms with E-state index in [4.69, 9.17) is 28.9 Å². The fraction of sp³-hybridized carbons (Fsp3) is 0. The summed E-state index contributed by atoms with van der Waals surface area (Å²) in [5.74, 6) is 0.711. The number of rotatable bonds is 1. The Bertz CT molecular complexity index is 511. The summed E-state index contributed by atoms with van der Waals surface area (Å²) in [4.78, 5) is 4.07. The minimum atomic E-state index is 0.238. The van der Waals surface area contributed by atoms with Gasteiger partial charge in [-0.1, -0.05) is 23.2 Å². The van der Waals surface area contributed by atoms with Crippen molar-refractivity contribution in [1.82, 2.24) is 14.8 Å². The van der Waals surface area contributed by atoms with Crippen molar-refractivity contribution in [3.63, 3.8) is 0 Å². The molecule has 0 saturated carbocycles. The summed E-state index contributed by atoms with van der Waals surface area (Å²) in [6.07, 6.45) is 3.49. The van der Waals surface area contributed by atoms with Crippen molar-refractivity contribution in [3.05, 3.63) is 32.1 Å². The number of aromatic nitrogens is 3. The summed E-state index contributed by atoms with van der Waals surface area (Å²) in [6, 6.07) is 1.55. The number of anilines is 1. The third kappa shape index (κ3) is 2.19. The number of nitrogens with zero attached hydrogens (tertiary/aromatic N) is 3. The lowest BCUT2D eigenvalue weighted by Gasteiger charge is -2.05. The molecule has 0 amide bonds. The highest BCUT2D eigenvalue weighted by Gasteiger charge is 2.09. The second kappa shape index (κ2) is 4.15. The highest BCUT2D eigenvalue weighted by molar-refractivity contribution is 14.1. The van der Waals surface area contributed by atoms with E-state index in [0.717, 1.165) is 3.57 Å². The highest BCUT2D eigenvalue weighted by Crippen LogP contribution is 2.26. The molecule has 0 aliphatic heterocycles. The van der Waals surface area contributed by atoms with Crippen molar-refractivity contribution in [2.75, 3.05) is 5.73 Å². The lowest BCUT2D eigenvalue weighted by molar-refractivity contribution is 0.849. The van der Waals surface area contributed by atoms with E-state index in [-0.39, 0.29) is 5.82 Å². The molecule has 2 N–H and O–H groups in total. The van der Waals surface area contributed by atoms with Crippen molar-refractivity contribution in [1.29, 1.82) is 0 Å². The molecule has 2 heterocycles. The van der Waals surface area contributed by atoms with E-state index in [2.05, 4.69) is 32.7 Å². The van der Waals surface area contributed by atoms with Gasteiger partial charge in [-0.2, -0.15) is 5.10 Å². The minimum Gasteiger partial charge on any atom is -0.382 e. The van der Waals surface area contributed by atoms with Gasteiger partial charge in [0.25, 0.3) is 0 Å². The summed E-state index contributed by atoms with van der Waals surface area (Å²) in [7, 11) is 0. The Morgan fingerprint density at radius 2 is 2.07 bits per heavy atom. The van der Waals surface area contributed by atoms with Crippen LogP contribution in [0.1, 0.15) is 0 Å². The average Bonchev–Trinajstić information content (AvgIpc) is 2.58. The third-order valence-electron chi connectivity index (χ3n) is 1.71. The minimum absolute atomic E-state index is 0.238. The molecule has 15 heavy (non-hydrogen) atoms. The van der Waals surface area contributed by atoms with E-state index in [1.807, 2.05) is 0 Å².